The summed E-state index contributed by atoms with van der Waals surface area (Å²) in [5.41, 5.74) is 0.438. The fourth-order valence-electron chi connectivity index (χ4n) is 2.83. The van der Waals surface area contributed by atoms with Gasteiger partial charge in [-0.3, -0.25) is 14.4 Å². The number of amides is 2. The summed E-state index contributed by atoms with van der Waals surface area (Å²) in [7, 11) is 0. The molecule has 150 valence electrons. The lowest BCUT2D eigenvalue weighted by Gasteiger charge is -2.19. The van der Waals surface area contributed by atoms with Gasteiger partial charge in [0.2, 0.25) is 0 Å². The number of benzene rings is 1. The van der Waals surface area contributed by atoms with Crippen LogP contribution in [0.3, 0.4) is 0 Å². The smallest absolute Gasteiger partial charge is 0.264 e. The van der Waals surface area contributed by atoms with E-state index < -0.39 is 11.5 Å². The highest BCUT2D eigenvalue weighted by molar-refractivity contribution is 6.05. The molecular weight excluding hydrogens is 356 g/mol. The van der Waals surface area contributed by atoms with Gasteiger partial charge in [0, 0.05) is 29.8 Å². The molecule has 7 heteroatoms. The summed E-state index contributed by atoms with van der Waals surface area (Å²) in [5.74, 6) is -0.135. The number of hydrogen-bond acceptors (Lipinski definition) is 4. The van der Waals surface area contributed by atoms with E-state index in [0.717, 1.165) is 0 Å². The maximum absolute atomic E-state index is 12.7. The van der Waals surface area contributed by atoms with Gasteiger partial charge in [-0.25, -0.2) is 4.98 Å². The van der Waals surface area contributed by atoms with Crippen LogP contribution in [0.5, 0.6) is 0 Å². The molecule has 2 aromatic rings. The fourth-order valence-corrected chi connectivity index (χ4v) is 2.83. The molecule has 0 radical (unpaired) electrons. The molecule has 2 amide bonds. The predicted molar refractivity (Wildman–Crippen MR) is 110 cm³/mol. The van der Waals surface area contributed by atoms with E-state index in [1.54, 1.807) is 36.1 Å². The minimum absolute atomic E-state index is 0.0338. The van der Waals surface area contributed by atoms with Crippen LogP contribution in [0.25, 0.3) is 0 Å². The number of H-pyrrole nitrogens is 1. The molecule has 0 aliphatic carbocycles. The largest absolute Gasteiger partial charge is 0.339 e. The van der Waals surface area contributed by atoms with E-state index in [2.05, 4.69) is 15.3 Å². The molecule has 0 aliphatic rings. The van der Waals surface area contributed by atoms with Gasteiger partial charge in [0.15, 0.2) is 0 Å². The maximum atomic E-state index is 12.7. The summed E-state index contributed by atoms with van der Waals surface area (Å²) in [6.07, 6.45) is 0. The van der Waals surface area contributed by atoms with Crippen LogP contribution in [0.2, 0.25) is 0 Å². The highest BCUT2D eigenvalue weighted by Gasteiger charge is 2.22. The van der Waals surface area contributed by atoms with Crippen molar-refractivity contribution in [2.24, 2.45) is 0 Å². The monoisotopic (exact) mass is 384 g/mol. The summed E-state index contributed by atoms with van der Waals surface area (Å²) >= 11 is 0. The highest BCUT2D eigenvalue weighted by Crippen LogP contribution is 2.18. The van der Waals surface area contributed by atoms with Crippen LogP contribution in [0.4, 0.5) is 5.69 Å². The van der Waals surface area contributed by atoms with Crippen LogP contribution in [-0.2, 0) is 5.41 Å². The first-order chi connectivity index (χ1) is 13.1. The second-order valence-electron chi connectivity index (χ2n) is 7.64. The van der Waals surface area contributed by atoms with Gasteiger partial charge in [0.25, 0.3) is 17.4 Å². The lowest BCUT2D eigenvalue weighted by atomic mass is 9.95. The topological polar surface area (TPSA) is 95.2 Å². The molecule has 1 aromatic heterocycles. The molecule has 0 atom stereocenters. The van der Waals surface area contributed by atoms with Gasteiger partial charge in [-0.2, -0.15) is 0 Å². The molecule has 0 fully saturated rings. The number of nitrogens with one attached hydrogen (secondary N) is 2. The molecule has 1 aromatic carbocycles. The fraction of sp³-hybridized carbons (Fsp3) is 0.429. The molecule has 7 nitrogen and oxygen atoms in total. The Kier molecular flexibility index (Phi) is 6.38. The lowest BCUT2D eigenvalue weighted by molar-refractivity contribution is 0.0772. The van der Waals surface area contributed by atoms with Crippen molar-refractivity contribution in [1.82, 2.24) is 14.9 Å². The average Bonchev–Trinajstić information content (AvgIpc) is 2.61. The second kappa shape index (κ2) is 8.37. The third-order valence-corrected chi connectivity index (χ3v) is 4.46. The number of aryl methyl sites for hydroxylation is 1. The molecule has 0 spiro atoms. The van der Waals surface area contributed by atoms with Crippen LogP contribution in [0, 0.1) is 6.92 Å². The zero-order valence-electron chi connectivity index (χ0n) is 17.3. The van der Waals surface area contributed by atoms with Gasteiger partial charge in [-0.1, -0.05) is 26.8 Å². The Morgan fingerprint density at radius 2 is 1.82 bits per heavy atom. The van der Waals surface area contributed by atoms with E-state index in [-0.39, 0.29) is 16.9 Å². The third kappa shape index (κ3) is 4.65. The van der Waals surface area contributed by atoms with E-state index in [1.165, 1.54) is 0 Å². The first kappa shape index (κ1) is 21.3. The summed E-state index contributed by atoms with van der Waals surface area (Å²) < 4.78 is 0. The van der Waals surface area contributed by atoms with Gasteiger partial charge < -0.3 is 15.2 Å². The van der Waals surface area contributed by atoms with E-state index in [1.807, 2.05) is 34.6 Å². The molecule has 0 aliphatic heterocycles. The third-order valence-electron chi connectivity index (χ3n) is 4.46. The lowest BCUT2D eigenvalue weighted by Crippen LogP contribution is -2.31. The minimum atomic E-state index is -0.556. The Morgan fingerprint density at radius 3 is 2.36 bits per heavy atom. The number of carbonyl (C=O) groups excluding carboxylic acids is 2. The number of anilines is 1. The van der Waals surface area contributed by atoms with Crippen molar-refractivity contribution in [2.75, 3.05) is 18.4 Å². The van der Waals surface area contributed by atoms with Gasteiger partial charge in [0.1, 0.15) is 11.4 Å². The molecule has 0 saturated heterocycles. The Labute approximate surface area is 165 Å². The van der Waals surface area contributed by atoms with E-state index in [9.17, 15) is 14.4 Å². The second-order valence-corrected chi connectivity index (χ2v) is 7.64. The van der Waals surface area contributed by atoms with Crippen molar-refractivity contribution in [3.05, 3.63) is 57.3 Å². The van der Waals surface area contributed by atoms with Crippen molar-refractivity contribution in [2.45, 2.75) is 47.0 Å². The SMILES string of the molecule is CCN(CC)C(=O)c1cccc(NC(=O)c2c(C)nc(C(C)(C)C)[nH]c2=O)c1. The average molecular weight is 384 g/mol. The summed E-state index contributed by atoms with van der Waals surface area (Å²) in [4.78, 5) is 46.4. The van der Waals surface area contributed by atoms with Crippen LogP contribution in [0.1, 0.15) is 66.9 Å². The van der Waals surface area contributed by atoms with Crippen molar-refractivity contribution in [3.63, 3.8) is 0 Å². The number of nitrogens with zero attached hydrogens (tertiary/aromatic N) is 2. The molecule has 0 saturated carbocycles. The Hall–Kier alpha value is -2.96. The van der Waals surface area contributed by atoms with E-state index in [4.69, 9.17) is 0 Å². The van der Waals surface area contributed by atoms with Crippen LogP contribution in [-0.4, -0.2) is 39.8 Å². The molecule has 0 unspecified atom stereocenters. The van der Waals surface area contributed by atoms with Gasteiger partial charge in [0.05, 0.1) is 5.69 Å². The van der Waals surface area contributed by atoms with Crippen LogP contribution in [0.15, 0.2) is 29.1 Å². The summed E-state index contributed by atoms with van der Waals surface area (Å²) in [5, 5.41) is 2.70. The van der Waals surface area contributed by atoms with E-state index in [0.29, 0.717) is 35.9 Å². The number of aromatic amines is 1. The summed E-state index contributed by atoms with van der Waals surface area (Å²) in [6.45, 7) is 12.5. The first-order valence-corrected chi connectivity index (χ1v) is 9.40. The Balaban J connectivity index is 2.30. The van der Waals surface area contributed by atoms with Gasteiger partial charge in [-0.15, -0.1) is 0 Å². The normalized spacial score (nSPS) is 11.2. The predicted octanol–water partition coefficient (Wildman–Crippen LogP) is 3.11. The molecule has 1 heterocycles. The quantitative estimate of drug-likeness (QED) is 0.828. The zero-order chi connectivity index (χ0) is 21.1. The highest BCUT2D eigenvalue weighted by atomic mass is 16.2. The molecule has 2 N–H and O–H groups in total. The van der Waals surface area contributed by atoms with Gasteiger partial charge in [-0.05, 0) is 39.0 Å². The first-order valence-electron chi connectivity index (χ1n) is 9.40. The van der Waals surface area contributed by atoms with Crippen molar-refractivity contribution in [3.8, 4) is 0 Å². The molecular formula is C21H28N4O3. The number of rotatable bonds is 5. The molecule has 28 heavy (non-hydrogen) atoms. The Morgan fingerprint density at radius 1 is 1.18 bits per heavy atom. The molecule has 0 bridgehead atoms. The number of hydrogen-bond donors (Lipinski definition) is 2. The minimum Gasteiger partial charge on any atom is -0.339 e. The van der Waals surface area contributed by atoms with Crippen molar-refractivity contribution < 1.29 is 9.59 Å². The van der Waals surface area contributed by atoms with E-state index >= 15 is 0 Å². The summed E-state index contributed by atoms with van der Waals surface area (Å²) in [6, 6.07) is 6.69. The maximum Gasteiger partial charge on any atom is 0.264 e. The van der Waals surface area contributed by atoms with Crippen LogP contribution >= 0.6 is 0 Å². The van der Waals surface area contributed by atoms with Crippen LogP contribution < -0.4 is 10.9 Å². The van der Waals surface area contributed by atoms with Crippen molar-refractivity contribution >= 4 is 17.5 Å². The zero-order valence-corrected chi connectivity index (χ0v) is 17.3. The number of carbonyl (C=O) groups is 2. The molecule has 2 rings (SSSR count). The van der Waals surface area contributed by atoms with Crippen molar-refractivity contribution in [1.29, 1.82) is 0 Å². The standard InChI is InChI=1S/C21H28N4O3/c1-7-25(8-2)19(28)14-10-9-11-15(12-14)23-17(26)16-13(3)22-20(21(4,5)6)24-18(16)27/h9-12H,7-8H2,1-6H3,(H,23,26)(H,22,24,27). The number of aromatic nitrogens is 2. The van der Waals surface area contributed by atoms with Gasteiger partial charge >= 0.3 is 0 Å². The Bertz CT molecular complexity index is 937.